The molecule has 1 amide bonds. The highest BCUT2D eigenvalue weighted by molar-refractivity contribution is 6.31. The first-order valence-corrected chi connectivity index (χ1v) is 9.81. The minimum absolute atomic E-state index is 0.0160. The molecule has 27 heavy (non-hydrogen) atoms. The largest absolute Gasteiger partial charge is 0.375 e. The van der Waals surface area contributed by atoms with Crippen LogP contribution >= 0.6 is 11.6 Å². The summed E-state index contributed by atoms with van der Waals surface area (Å²) in [6.45, 7) is 0.263. The van der Waals surface area contributed by atoms with Crippen molar-refractivity contribution in [2.45, 2.75) is 44.2 Å². The zero-order chi connectivity index (χ0) is 19.0. The molecule has 0 bridgehead atoms. The summed E-state index contributed by atoms with van der Waals surface area (Å²) in [5, 5.41) is 12.2. The van der Waals surface area contributed by atoms with Gasteiger partial charge in [-0.15, -0.1) is 0 Å². The first-order chi connectivity index (χ1) is 13.0. The Morgan fingerprint density at radius 3 is 2.59 bits per heavy atom. The molecule has 1 aliphatic heterocycles. The fraction of sp³-hybridized carbons (Fsp3) is 0.364. The highest BCUT2D eigenvalue weighted by Gasteiger charge is 2.56. The van der Waals surface area contributed by atoms with Crippen LogP contribution in [-0.4, -0.2) is 16.8 Å². The van der Waals surface area contributed by atoms with Crippen LogP contribution in [0, 0.1) is 5.92 Å². The number of benzene rings is 2. The van der Waals surface area contributed by atoms with Crippen LogP contribution in [0.4, 0.5) is 5.69 Å². The van der Waals surface area contributed by atoms with E-state index in [1.54, 1.807) is 23.1 Å². The normalized spacial score (nSPS) is 25.4. The van der Waals surface area contributed by atoms with Crippen molar-refractivity contribution in [1.29, 1.82) is 0 Å². The van der Waals surface area contributed by atoms with Gasteiger partial charge in [0.25, 0.3) is 5.91 Å². The molecule has 1 aliphatic carbocycles. The molecule has 1 fully saturated rings. The fourth-order valence-electron chi connectivity index (χ4n) is 4.35. The van der Waals surface area contributed by atoms with Gasteiger partial charge in [-0.05, 0) is 30.5 Å². The smallest absolute Gasteiger partial charge is 0.264 e. The summed E-state index contributed by atoms with van der Waals surface area (Å²) in [4.78, 5) is 27.7. The first-order valence-electron chi connectivity index (χ1n) is 9.43. The number of Topliss-reactive ketones (excluding diaryl/α,β-unsaturated/α-hetero) is 1. The molecule has 1 heterocycles. The Labute approximate surface area is 163 Å². The number of rotatable bonds is 3. The van der Waals surface area contributed by atoms with Gasteiger partial charge in [-0.25, -0.2) is 0 Å². The lowest BCUT2D eigenvalue weighted by molar-refractivity contribution is -0.150. The molecule has 1 N–H and O–H groups in total. The number of fused-ring (bicyclic) bond motifs is 1. The van der Waals surface area contributed by atoms with Crippen LogP contribution in [0.15, 0.2) is 48.5 Å². The number of halogens is 1. The molecule has 2 atom stereocenters. The van der Waals surface area contributed by atoms with Gasteiger partial charge in [0.1, 0.15) is 5.78 Å². The Balaban J connectivity index is 1.77. The Hall–Kier alpha value is -2.17. The van der Waals surface area contributed by atoms with Gasteiger partial charge in [0.15, 0.2) is 5.60 Å². The monoisotopic (exact) mass is 383 g/mol. The molecule has 0 unspecified atom stereocenters. The van der Waals surface area contributed by atoms with Crippen molar-refractivity contribution in [2.75, 3.05) is 4.90 Å². The van der Waals surface area contributed by atoms with Crippen LogP contribution in [0.3, 0.4) is 0 Å². The van der Waals surface area contributed by atoms with Gasteiger partial charge in [-0.2, -0.15) is 0 Å². The number of aliphatic hydroxyl groups is 1. The molecule has 4 nitrogen and oxygen atoms in total. The molecule has 140 valence electrons. The van der Waals surface area contributed by atoms with Gasteiger partial charge in [-0.3, -0.25) is 9.59 Å². The maximum atomic E-state index is 13.4. The van der Waals surface area contributed by atoms with E-state index in [1.807, 2.05) is 30.3 Å². The lowest BCUT2D eigenvalue weighted by atomic mass is 9.77. The van der Waals surface area contributed by atoms with E-state index in [1.165, 1.54) is 0 Å². The van der Waals surface area contributed by atoms with E-state index >= 15 is 0 Å². The zero-order valence-electron chi connectivity index (χ0n) is 15.0. The molecule has 5 heteroatoms. The number of hydrogen-bond donors (Lipinski definition) is 1. The van der Waals surface area contributed by atoms with Gasteiger partial charge in [0, 0.05) is 17.0 Å². The summed E-state index contributed by atoms with van der Waals surface area (Å²) in [5.41, 5.74) is 0.197. The molecule has 2 aromatic rings. The molecule has 2 aromatic carbocycles. The Morgan fingerprint density at radius 2 is 1.78 bits per heavy atom. The van der Waals surface area contributed by atoms with E-state index in [9.17, 15) is 14.7 Å². The van der Waals surface area contributed by atoms with E-state index in [4.69, 9.17) is 11.6 Å². The summed E-state index contributed by atoms with van der Waals surface area (Å²) >= 11 is 6.29. The highest BCUT2D eigenvalue weighted by Crippen LogP contribution is 2.48. The predicted molar refractivity (Wildman–Crippen MR) is 105 cm³/mol. The van der Waals surface area contributed by atoms with Gasteiger partial charge < -0.3 is 10.0 Å². The Morgan fingerprint density at radius 1 is 1.04 bits per heavy atom. The summed E-state index contributed by atoms with van der Waals surface area (Å²) in [5.74, 6) is -1.13. The van der Waals surface area contributed by atoms with Crippen molar-refractivity contribution in [1.82, 2.24) is 0 Å². The second-order valence-electron chi connectivity index (χ2n) is 7.38. The standard InChI is InChI=1S/C22H22ClNO3/c23-18-11-6-4-8-15(18)14-24-19-12-7-5-9-16(19)22(27,21(24)26)17-10-2-1-3-13-20(17)25/h4-9,11-12,17,27H,1-3,10,13-14H2/t17-,22-/m1/s1. The highest BCUT2D eigenvalue weighted by atomic mass is 35.5. The quantitative estimate of drug-likeness (QED) is 0.807. The average molecular weight is 384 g/mol. The number of carbonyl (C=O) groups excluding carboxylic acids is 2. The lowest BCUT2D eigenvalue weighted by Gasteiger charge is -2.30. The third kappa shape index (κ3) is 2.97. The van der Waals surface area contributed by atoms with Gasteiger partial charge in [0.2, 0.25) is 0 Å². The number of para-hydroxylation sites is 1. The number of amides is 1. The summed E-state index contributed by atoms with van der Waals surface area (Å²) in [6.07, 6.45) is 3.59. The summed E-state index contributed by atoms with van der Waals surface area (Å²) in [7, 11) is 0. The van der Waals surface area contributed by atoms with Crippen molar-refractivity contribution in [3.05, 3.63) is 64.7 Å². The fourth-order valence-corrected chi connectivity index (χ4v) is 4.55. The second kappa shape index (κ2) is 7.10. The van der Waals surface area contributed by atoms with E-state index in [0.717, 1.165) is 24.8 Å². The third-order valence-electron chi connectivity index (χ3n) is 5.77. The topological polar surface area (TPSA) is 57.6 Å². The van der Waals surface area contributed by atoms with Gasteiger partial charge in [-0.1, -0.05) is 60.8 Å². The first kappa shape index (κ1) is 18.2. The molecule has 0 spiro atoms. The Kier molecular flexibility index (Phi) is 4.79. The molecular formula is C22H22ClNO3. The van der Waals surface area contributed by atoms with Crippen LogP contribution in [0.2, 0.25) is 5.02 Å². The van der Waals surface area contributed by atoms with Crippen LogP contribution in [0.5, 0.6) is 0 Å². The minimum Gasteiger partial charge on any atom is -0.375 e. The van der Waals surface area contributed by atoms with Crippen molar-refractivity contribution < 1.29 is 14.7 Å². The number of nitrogens with zero attached hydrogens (tertiary/aromatic N) is 1. The average Bonchev–Trinajstić information content (AvgIpc) is 2.82. The molecule has 0 radical (unpaired) electrons. The van der Waals surface area contributed by atoms with Crippen molar-refractivity contribution in [3.8, 4) is 0 Å². The maximum Gasteiger partial charge on any atom is 0.264 e. The Bertz CT molecular complexity index is 897. The predicted octanol–water partition coefficient (Wildman–Crippen LogP) is 4.22. The minimum atomic E-state index is -1.79. The molecule has 0 aromatic heterocycles. The van der Waals surface area contributed by atoms with Crippen molar-refractivity contribution in [2.24, 2.45) is 5.92 Å². The van der Waals surface area contributed by atoms with E-state index in [-0.39, 0.29) is 12.3 Å². The molecule has 2 aliphatic rings. The summed E-state index contributed by atoms with van der Waals surface area (Å²) in [6, 6.07) is 14.6. The van der Waals surface area contributed by atoms with Crippen LogP contribution < -0.4 is 4.90 Å². The van der Waals surface area contributed by atoms with Gasteiger partial charge >= 0.3 is 0 Å². The number of hydrogen-bond acceptors (Lipinski definition) is 3. The molecule has 0 saturated heterocycles. The number of anilines is 1. The second-order valence-corrected chi connectivity index (χ2v) is 7.79. The maximum absolute atomic E-state index is 13.4. The molecular weight excluding hydrogens is 362 g/mol. The molecule has 1 saturated carbocycles. The van der Waals surface area contributed by atoms with Crippen molar-refractivity contribution in [3.63, 3.8) is 0 Å². The van der Waals surface area contributed by atoms with Crippen LogP contribution in [0.1, 0.15) is 43.2 Å². The SMILES string of the molecule is O=C1CCCCC[C@H]1[C@@]1(O)C(=O)N(Cc2ccccc2Cl)c2ccccc21. The van der Waals surface area contributed by atoms with Crippen molar-refractivity contribution >= 4 is 29.0 Å². The lowest BCUT2D eigenvalue weighted by Crippen LogP contribution is -2.48. The van der Waals surface area contributed by atoms with Gasteiger partial charge in [0.05, 0.1) is 18.2 Å². The third-order valence-corrected chi connectivity index (χ3v) is 6.14. The van der Waals surface area contributed by atoms with E-state index in [2.05, 4.69) is 0 Å². The van der Waals surface area contributed by atoms with Crippen LogP contribution in [-0.2, 0) is 21.7 Å². The number of ketones is 1. The van der Waals surface area contributed by atoms with Crippen LogP contribution in [0.25, 0.3) is 0 Å². The number of carbonyl (C=O) groups is 2. The van der Waals surface area contributed by atoms with E-state index < -0.39 is 17.4 Å². The zero-order valence-corrected chi connectivity index (χ0v) is 15.8. The molecule has 4 rings (SSSR count). The summed E-state index contributed by atoms with van der Waals surface area (Å²) < 4.78 is 0. The van der Waals surface area contributed by atoms with E-state index in [0.29, 0.717) is 29.1 Å².